The standard InChI is InChI=1S/C17H25ClN2O3S/c1-12-7-9-19(10-8-12)17(21)14(3)20(24(4,22)23)15-6-5-13(2)16(18)11-15/h5-6,11-12,14H,7-10H2,1-4H3/t14-/m1/s1. The first-order chi connectivity index (χ1) is 11.1. The van der Waals surface area contributed by atoms with Gasteiger partial charge in [0.2, 0.25) is 15.9 Å². The van der Waals surface area contributed by atoms with Crippen LogP contribution in [0.25, 0.3) is 0 Å². The van der Waals surface area contributed by atoms with Gasteiger partial charge in [-0.25, -0.2) is 8.42 Å². The van der Waals surface area contributed by atoms with Crippen molar-refractivity contribution < 1.29 is 13.2 Å². The Morgan fingerprint density at radius 2 is 1.92 bits per heavy atom. The summed E-state index contributed by atoms with van der Waals surface area (Å²) in [6.07, 6.45) is 3.02. The number of sulfonamides is 1. The fraction of sp³-hybridized carbons (Fsp3) is 0.588. The van der Waals surface area contributed by atoms with Crippen LogP contribution < -0.4 is 4.31 Å². The number of rotatable bonds is 4. The summed E-state index contributed by atoms with van der Waals surface area (Å²) in [5, 5.41) is 0.479. The van der Waals surface area contributed by atoms with E-state index in [2.05, 4.69) is 6.92 Å². The Morgan fingerprint density at radius 1 is 1.33 bits per heavy atom. The van der Waals surface area contributed by atoms with Gasteiger partial charge in [0, 0.05) is 18.1 Å². The van der Waals surface area contributed by atoms with Crippen LogP contribution in [0.1, 0.15) is 32.3 Å². The third-order valence-electron chi connectivity index (χ3n) is 4.57. The van der Waals surface area contributed by atoms with Crippen LogP contribution in [-0.2, 0) is 14.8 Å². The van der Waals surface area contributed by atoms with Crippen molar-refractivity contribution >= 4 is 33.2 Å². The average molecular weight is 373 g/mol. The smallest absolute Gasteiger partial charge is 0.246 e. The van der Waals surface area contributed by atoms with Gasteiger partial charge in [-0.15, -0.1) is 0 Å². The summed E-state index contributed by atoms with van der Waals surface area (Å²) in [4.78, 5) is 14.6. The number of carbonyl (C=O) groups excluding carboxylic acids is 1. The van der Waals surface area contributed by atoms with Gasteiger partial charge in [-0.2, -0.15) is 0 Å². The summed E-state index contributed by atoms with van der Waals surface area (Å²) < 4.78 is 25.8. The van der Waals surface area contributed by atoms with E-state index < -0.39 is 16.1 Å². The predicted molar refractivity (Wildman–Crippen MR) is 98.0 cm³/mol. The van der Waals surface area contributed by atoms with Crippen LogP contribution in [0.4, 0.5) is 5.69 Å². The molecule has 0 spiro atoms. The van der Waals surface area contributed by atoms with Crippen LogP contribution in [0.3, 0.4) is 0 Å². The van der Waals surface area contributed by atoms with Gasteiger partial charge in [-0.3, -0.25) is 9.10 Å². The van der Waals surface area contributed by atoms with Crippen LogP contribution in [0.15, 0.2) is 18.2 Å². The highest BCUT2D eigenvalue weighted by Gasteiger charge is 2.33. The normalized spacial score (nSPS) is 17.6. The topological polar surface area (TPSA) is 57.7 Å². The van der Waals surface area contributed by atoms with Crippen molar-refractivity contribution in [3.8, 4) is 0 Å². The van der Waals surface area contributed by atoms with Gasteiger partial charge in [0.1, 0.15) is 6.04 Å². The third-order valence-corrected chi connectivity index (χ3v) is 6.22. The number of hydrogen-bond donors (Lipinski definition) is 0. The van der Waals surface area contributed by atoms with Crippen LogP contribution in [0.5, 0.6) is 0 Å². The number of benzene rings is 1. The Hall–Kier alpha value is -1.27. The first-order valence-corrected chi connectivity index (χ1v) is 10.4. The van der Waals surface area contributed by atoms with Gasteiger partial charge in [0.05, 0.1) is 11.9 Å². The predicted octanol–water partition coefficient (Wildman–Crippen LogP) is 3.06. The number of anilines is 1. The first-order valence-electron chi connectivity index (χ1n) is 8.15. The molecule has 1 heterocycles. The van der Waals surface area contributed by atoms with E-state index >= 15 is 0 Å². The lowest BCUT2D eigenvalue weighted by Crippen LogP contribution is -2.51. The van der Waals surface area contributed by atoms with Crippen molar-refractivity contribution in [1.29, 1.82) is 0 Å². The van der Waals surface area contributed by atoms with E-state index in [4.69, 9.17) is 11.6 Å². The van der Waals surface area contributed by atoms with E-state index in [0.717, 1.165) is 24.7 Å². The molecule has 0 unspecified atom stereocenters. The first kappa shape index (κ1) is 19.1. The minimum Gasteiger partial charge on any atom is -0.341 e. The number of nitrogens with zero attached hydrogens (tertiary/aromatic N) is 2. The fourth-order valence-electron chi connectivity index (χ4n) is 3.01. The molecule has 1 fully saturated rings. The maximum atomic E-state index is 12.8. The lowest BCUT2D eigenvalue weighted by Gasteiger charge is -2.36. The lowest BCUT2D eigenvalue weighted by atomic mass is 9.99. The zero-order chi connectivity index (χ0) is 18.1. The number of hydrogen-bond acceptors (Lipinski definition) is 3. The maximum Gasteiger partial charge on any atom is 0.246 e. The number of carbonyl (C=O) groups is 1. The molecule has 1 atom stereocenters. The maximum absolute atomic E-state index is 12.8. The van der Waals surface area contributed by atoms with Crippen LogP contribution in [-0.4, -0.2) is 44.6 Å². The van der Waals surface area contributed by atoms with Crippen molar-refractivity contribution in [3.05, 3.63) is 28.8 Å². The number of aryl methyl sites for hydroxylation is 1. The summed E-state index contributed by atoms with van der Waals surface area (Å²) in [6.45, 7) is 7.01. The van der Waals surface area contributed by atoms with Gasteiger partial charge in [0.15, 0.2) is 0 Å². The van der Waals surface area contributed by atoms with E-state index in [-0.39, 0.29) is 5.91 Å². The molecule has 0 aromatic heterocycles. The van der Waals surface area contributed by atoms with Crippen LogP contribution in [0, 0.1) is 12.8 Å². The molecule has 2 rings (SSSR count). The number of likely N-dealkylation sites (tertiary alicyclic amines) is 1. The van der Waals surface area contributed by atoms with Gasteiger partial charge in [-0.05, 0) is 50.3 Å². The summed E-state index contributed by atoms with van der Waals surface area (Å²) in [7, 11) is -3.61. The third kappa shape index (κ3) is 4.22. The number of halogens is 1. The molecule has 1 amide bonds. The summed E-state index contributed by atoms with van der Waals surface area (Å²) in [5.41, 5.74) is 1.28. The van der Waals surface area contributed by atoms with Gasteiger partial charge in [0.25, 0.3) is 0 Å². The van der Waals surface area contributed by atoms with Crippen molar-refractivity contribution in [1.82, 2.24) is 4.90 Å². The van der Waals surface area contributed by atoms with Gasteiger partial charge < -0.3 is 4.90 Å². The van der Waals surface area contributed by atoms with Gasteiger partial charge in [-0.1, -0.05) is 24.6 Å². The number of piperidine rings is 1. The lowest BCUT2D eigenvalue weighted by molar-refractivity contribution is -0.133. The molecule has 0 aliphatic carbocycles. The minimum atomic E-state index is -3.61. The van der Waals surface area contributed by atoms with E-state index in [1.54, 1.807) is 30.0 Å². The zero-order valence-corrected chi connectivity index (χ0v) is 16.2. The Labute approximate surface area is 149 Å². The molecule has 0 saturated carbocycles. The summed E-state index contributed by atoms with van der Waals surface area (Å²) in [6, 6.07) is 4.24. The average Bonchev–Trinajstić information content (AvgIpc) is 2.49. The highest BCUT2D eigenvalue weighted by atomic mass is 35.5. The van der Waals surface area contributed by atoms with Crippen molar-refractivity contribution in [2.45, 2.75) is 39.7 Å². The van der Waals surface area contributed by atoms with Crippen molar-refractivity contribution in [2.75, 3.05) is 23.7 Å². The fourth-order valence-corrected chi connectivity index (χ4v) is 4.35. The van der Waals surface area contributed by atoms with Gasteiger partial charge >= 0.3 is 0 Å². The quantitative estimate of drug-likeness (QED) is 0.816. The molecule has 7 heteroatoms. The second-order valence-electron chi connectivity index (χ2n) is 6.68. The molecular formula is C17H25ClN2O3S. The molecule has 1 aliphatic heterocycles. The van der Waals surface area contributed by atoms with E-state index in [1.807, 2.05) is 6.92 Å². The summed E-state index contributed by atoms with van der Waals surface area (Å²) >= 11 is 6.14. The number of amides is 1. The summed E-state index contributed by atoms with van der Waals surface area (Å²) in [5.74, 6) is 0.440. The second kappa shape index (κ2) is 7.31. The molecular weight excluding hydrogens is 348 g/mol. The van der Waals surface area contributed by atoms with Crippen LogP contribution >= 0.6 is 11.6 Å². The Morgan fingerprint density at radius 3 is 2.42 bits per heavy atom. The molecule has 1 aliphatic rings. The van der Waals surface area contributed by atoms with Crippen molar-refractivity contribution in [3.63, 3.8) is 0 Å². The molecule has 1 aromatic rings. The molecule has 24 heavy (non-hydrogen) atoms. The van der Waals surface area contributed by atoms with Crippen LogP contribution in [0.2, 0.25) is 5.02 Å². The van der Waals surface area contributed by atoms with E-state index in [0.29, 0.717) is 29.7 Å². The molecule has 134 valence electrons. The molecule has 1 aromatic carbocycles. The molecule has 1 saturated heterocycles. The molecule has 0 N–H and O–H groups in total. The Kier molecular flexibility index (Phi) is 5.81. The molecule has 0 bridgehead atoms. The van der Waals surface area contributed by atoms with Crippen molar-refractivity contribution in [2.24, 2.45) is 5.92 Å². The molecule has 0 radical (unpaired) electrons. The Bertz CT molecular complexity index is 713. The highest BCUT2D eigenvalue weighted by molar-refractivity contribution is 7.92. The Balaban J connectivity index is 2.30. The molecule has 5 nitrogen and oxygen atoms in total. The minimum absolute atomic E-state index is 0.163. The zero-order valence-electron chi connectivity index (χ0n) is 14.6. The van der Waals surface area contributed by atoms with E-state index in [1.165, 1.54) is 4.31 Å². The van der Waals surface area contributed by atoms with E-state index in [9.17, 15) is 13.2 Å². The monoisotopic (exact) mass is 372 g/mol. The second-order valence-corrected chi connectivity index (χ2v) is 8.94. The highest BCUT2D eigenvalue weighted by Crippen LogP contribution is 2.28. The SMILES string of the molecule is Cc1ccc(N([C@H](C)C(=O)N2CCC(C)CC2)S(C)(=O)=O)cc1Cl. The largest absolute Gasteiger partial charge is 0.341 e.